The third kappa shape index (κ3) is 3.26. The molecule has 2 nitrogen and oxygen atoms in total. The maximum Gasteiger partial charge on any atom is 0.127 e. The third-order valence-corrected chi connectivity index (χ3v) is 3.32. The van der Waals surface area contributed by atoms with Gasteiger partial charge in [0.2, 0.25) is 0 Å². The van der Waals surface area contributed by atoms with E-state index in [1.807, 2.05) is 33.8 Å². The summed E-state index contributed by atoms with van der Waals surface area (Å²) in [6, 6.07) is 6.25. The fourth-order valence-corrected chi connectivity index (χ4v) is 2.24. The van der Waals surface area contributed by atoms with Crippen molar-refractivity contribution in [2.45, 2.75) is 65.6 Å². The molecule has 1 aliphatic rings. The van der Waals surface area contributed by atoms with Gasteiger partial charge in [0.15, 0.2) is 0 Å². The summed E-state index contributed by atoms with van der Waals surface area (Å²) in [5, 5.41) is 10.0. The summed E-state index contributed by atoms with van der Waals surface area (Å²) in [4.78, 5) is 0. The molecule has 1 heterocycles. The Labute approximate surface area is 111 Å². The number of fused-ring (bicyclic) bond motifs is 1. The van der Waals surface area contributed by atoms with Crippen LogP contribution in [-0.4, -0.2) is 16.8 Å². The van der Waals surface area contributed by atoms with Gasteiger partial charge in [-0.1, -0.05) is 38.5 Å². The van der Waals surface area contributed by atoms with Crippen molar-refractivity contribution in [3.8, 4) is 5.75 Å². The van der Waals surface area contributed by atoms with Crippen molar-refractivity contribution >= 4 is 0 Å². The van der Waals surface area contributed by atoms with Crippen LogP contribution in [0.5, 0.6) is 5.75 Å². The van der Waals surface area contributed by atoms with E-state index < -0.39 is 5.60 Å². The Morgan fingerprint density at radius 2 is 1.89 bits per heavy atom. The van der Waals surface area contributed by atoms with Crippen molar-refractivity contribution in [3.63, 3.8) is 0 Å². The van der Waals surface area contributed by atoms with Gasteiger partial charge >= 0.3 is 0 Å². The molecular weight excluding hydrogens is 224 g/mol. The summed E-state index contributed by atoms with van der Waals surface area (Å²) in [5.41, 5.74) is 1.74. The van der Waals surface area contributed by atoms with E-state index in [1.54, 1.807) is 0 Å². The molecule has 2 heteroatoms. The van der Waals surface area contributed by atoms with Crippen LogP contribution in [0, 0.1) is 6.92 Å². The van der Waals surface area contributed by atoms with Crippen LogP contribution < -0.4 is 4.74 Å². The molecule has 2 rings (SSSR count). The number of benzene rings is 1. The SMILES string of the molecule is CC.Cc1ccc2c(c1)C(C)CC(C(C)(C)O)O2. The van der Waals surface area contributed by atoms with Crippen LogP contribution in [0.2, 0.25) is 0 Å². The van der Waals surface area contributed by atoms with E-state index in [0.717, 1.165) is 12.2 Å². The lowest BCUT2D eigenvalue weighted by molar-refractivity contribution is -0.0461. The largest absolute Gasteiger partial charge is 0.487 e. The van der Waals surface area contributed by atoms with Crippen LogP contribution in [0.25, 0.3) is 0 Å². The highest BCUT2D eigenvalue weighted by Crippen LogP contribution is 2.39. The Morgan fingerprint density at radius 3 is 2.44 bits per heavy atom. The van der Waals surface area contributed by atoms with E-state index in [9.17, 15) is 5.11 Å². The van der Waals surface area contributed by atoms with Crippen molar-refractivity contribution in [1.29, 1.82) is 0 Å². The number of hydrogen-bond acceptors (Lipinski definition) is 2. The minimum Gasteiger partial charge on any atom is -0.487 e. The Hall–Kier alpha value is -1.02. The van der Waals surface area contributed by atoms with Crippen LogP contribution in [0.15, 0.2) is 18.2 Å². The Balaban J connectivity index is 0.000000771. The molecule has 18 heavy (non-hydrogen) atoms. The number of rotatable bonds is 1. The van der Waals surface area contributed by atoms with Crippen LogP contribution >= 0.6 is 0 Å². The average Bonchev–Trinajstić information content (AvgIpc) is 2.31. The zero-order valence-electron chi connectivity index (χ0n) is 12.4. The summed E-state index contributed by atoms with van der Waals surface area (Å²) in [6.07, 6.45) is 0.762. The van der Waals surface area contributed by atoms with Gasteiger partial charge in [0.25, 0.3) is 0 Å². The van der Waals surface area contributed by atoms with Crippen LogP contribution in [-0.2, 0) is 0 Å². The Bertz CT molecular complexity index is 391. The fourth-order valence-electron chi connectivity index (χ4n) is 2.24. The molecule has 0 amide bonds. The van der Waals surface area contributed by atoms with Gasteiger partial charge in [-0.2, -0.15) is 0 Å². The van der Waals surface area contributed by atoms with E-state index in [2.05, 4.69) is 26.0 Å². The number of hydrogen-bond donors (Lipinski definition) is 1. The Kier molecular flexibility index (Phi) is 4.80. The second-order valence-electron chi connectivity index (χ2n) is 5.44. The van der Waals surface area contributed by atoms with Crippen LogP contribution in [0.4, 0.5) is 0 Å². The van der Waals surface area contributed by atoms with Crippen molar-refractivity contribution in [2.24, 2.45) is 0 Å². The molecule has 2 atom stereocenters. The molecule has 0 bridgehead atoms. The summed E-state index contributed by atoms with van der Waals surface area (Å²) in [5.74, 6) is 1.37. The molecule has 0 spiro atoms. The molecule has 0 aromatic heterocycles. The fraction of sp³-hybridized carbons (Fsp3) is 0.625. The smallest absolute Gasteiger partial charge is 0.127 e. The van der Waals surface area contributed by atoms with E-state index in [-0.39, 0.29) is 6.10 Å². The first kappa shape index (κ1) is 15.0. The van der Waals surface area contributed by atoms with Gasteiger partial charge in [0.05, 0.1) is 5.60 Å². The van der Waals surface area contributed by atoms with Gasteiger partial charge in [-0.3, -0.25) is 0 Å². The standard InChI is InChI=1S/C14H20O2.C2H6/c1-9-5-6-12-11(7-9)10(2)8-13(16-12)14(3,4)15;1-2/h5-7,10,13,15H,8H2,1-4H3;1-2H3. The molecule has 1 aliphatic heterocycles. The highest BCUT2D eigenvalue weighted by molar-refractivity contribution is 5.41. The van der Waals surface area contributed by atoms with Crippen molar-refractivity contribution in [2.75, 3.05) is 0 Å². The molecule has 0 radical (unpaired) electrons. The molecule has 0 saturated carbocycles. The maximum atomic E-state index is 10.0. The van der Waals surface area contributed by atoms with Gasteiger partial charge in [-0.05, 0) is 44.7 Å². The maximum absolute atomic E-state index is 10.0. The zero-order valence-corrected chi connectivity index (χ0v) is 12.4. The summed E-state index contributed by atoms with van der Waals surface area (Å²) in [7, 11) is 0. The monoisotopic (exact) mass is 250 g/mol. The first-order valence-corrected chi connectivity index (χ1v) is 6.87. The molecule has 1 aromatic carbocycles. The summed E-state index contributed by atoms with van der Waals surface area (Å²) < 4.78 is 5.87. The quantitative estimate of drug-likeness (QED) is 0.815. The number of ether oxygens (including phenoxy) is 1. The van der Waals surface area contributed by atoms with E-state index >= 15 is 0 Å². The van der Waals surface area contributed by atoms with E-state index in [4.69, 9.17) is 4.74 Å². The highest BCUT2D eigenvalue weighted by Gasteiger charge is 2.35. The van der Waals surface area contributed by atoms with Crippen molar-refractivity contribution in [1.82, 2.24) is 0 Å². The second-order valence-corrected chi connectivity index (χ2v) is 5.44. The molecule has 0 aliphatic carbocycles. The first-order chi connectivity index (χ1) is 8.38. The lowest BCUT2D eigenvalue weighted by Gasteiger charge is -2.37. The normalized spacial score (nSPS) is 22.4. The molecule has 1 N–H and O–H groups in total. The van der Waals surface area contributed by atoms with Crippen molar-refractivity contribution < 1.29 is 9.84 Å². The lowest BCUT2D eigenvalue weighted by atomic mass is 9.85. The van der Waals surface area contributed by atoms with Crippen LogP contribution in [0.3, 0.4) is 0 Å². The second kappa shape index (κ2) is 5.75. The molecule has 102 valence electrons. The predicted molar refractivity (Wildman–Crippen MR) is 76.3 cm³/mol. The molecule has 2 unspecified atom stereocenters. The van der Waals surface area contributed by atoms with Gasteiger partial charge in [-0.25, -0.2) is 0 Å². The van der Waals surface area contributed by atoms with Gasteiger partial charge < -0.3 is 9.84 Å². The van der Waals surface area contributed by atoms with Gasteiger partial charge in [0.1, 0.15) is 11.9 Å². The number of aryl methyl sites for hydroxylation is 1. The average molecular weight is 250 g/mol. The highest BCUT2D eigenvalue weighted by atomic mass is 16.5. The van der Waals surface area contributed by atoms with Crippen LogP contribution in [0.1, 0.15) is 58.1 Å². The van der Waals surface area contributed by atoms with Gasteiger partial charge in [-0.15, -0.1) is 0 Å². The number of aliphatic hydroxyl groups is 1. The third-order valence-electron chi connectivity index (χ3n) is 3.32. The summed E-state index contributed by atoms with van der Waals surface area (Å²) >= 11 is 0. The molecule has 0 saturated heterocycles. The predicted octanol–water partition coefficient (Wildman–Crippen LogP) is 4.05. The molecule has 0 fully saturated rings. The van der Waals surface area contributed by atoms with Crippen molar-refractivity contribution in [3.05, 3.63) is 29.3 Å². The van der Waals surface area contributed by atoms with E-state index in [0.29, 0.717) is 5.92 Å². The molecular formula is C16H26O2. The minimum absolute atomic E-state index is 0.113. The van der Waals surface area contributed by atoms with Gasteiger partial charge in [0, 0.05) is 0 Å². The minimum atomic E-state index is -0.781. The lowest BCUT2D eigenvalue weighted by Crippen LogP contribution is -2.43. The molecule has 1 aromatic rings. The first-order valence-electron chi connectivity index (χ1n) is 6.87. The zero-order chi connectivity index (χ0) is 13.9. The topological polar surface area (TPSA) is 29.5 Å². The Morgan fingerprint density at radius 1 is 1.28 bits per heavy atom. The van der Waals surface area contributed by atoms with E-state index in [1.165, 1.54) is 11.1 Å². The summed E-state index contributed by atoms with van der Waals surface area (Å²) in [6.45, 7) is 11.9.